The van der Waals surface area contributed by atoms with Gasteiger partial charge in [-0.05, 0) is 41.3 Å². The Bertz CT molecular complexity index is 1160. The summed E-state index contributed by atoms with van der Waals surface area (Å²) in [6, 6.07) is 20.1. The molecule has 8 heteroatoms. The van der Waals surface area contributed by atoms with Gasteiger partial charge in [-0.2, -0.15) is 0 Å². The van der Waals surface area contributed by atoms with E-state index in [4.69, 9.17) is 9.84 Å². The molecule has 168 valence electrons. The van der Waals surface area contributed by atoms with Crippen LogP contribution in [0, 0.1) is 0 Å². The van der Waals surface area contributed by atoms with Crippen LogP contribution in [0.2, 0.25) is 0 Å². The second-order valence-corrected chi connectivity index (χ2v) is 7.83. The summed E-state index contributed by atoms with van der Waals surface area (Å²) in [5, 5.41) is 13.9. The molecule has 1 aromatic heterocycles. The number of carbonyl (C=O) groups is 3. The van der Waals surface area contributed by atoms with Crippen LogP contribution in [0.5, 0.6) is 0 Å². The van der Waals surface area contributed by atoms with Gasteiger partial charge in [0.25, 0.3) is 5.91 Å². The van der Waals surface area contributed by atoms with Crippen LogP contribution in [0.15, 0.2) is 66.7 Å². The SMILES string of the molecule is C[C@@H](CC(=O)O)NC(=O)c1cccc(NC(=O)OCC2c3ccccc3-c3ccccc32)n1. The zero-order valence-corrected chi connectivity index (χ0v) is 17.9. The fraction of sp³-hybridized carbons (Fsp3) is 0.200. The molecule has 1 heterocycles. The highest BCUT2D eigenvalue weighted by atomic mass is 16.5. The number of carboxylic acid groups (broad SMARTS) is 1. The first-order valence-corrected chi connectivity index (χ1v) is 10.5. The van der Waals surface area contributed by atoms with E-state index in [9.17, 15) is 14.4 Å². The number of benzene rings is 2. The highest BCUT2D eigenvalue weighted by Crippen LogP contribution is 2.44. The summed E-state index contributed by atoms with van der Waals surface area (Å²) in [6.45, 7) is 1.75. The number of amides is 2. The molecule has 1 aliphatic carbocycles. The smallest absolute Gasteiger partial charge is 0.412 e. The Kier molecular flexibility index (Phi) is 6.35. The maximum absolute atomic E-state index is 12.4. The molecule has 0 saturated heterocycles. The van der Waals surface area contributed by atoms with E-state index in [-0.39, 0.29) is 30.5 Å². The summed E-state index contributed by atoms with van der Waals surface area (Å²) < 4.78 is 5.50. The molecule has 8 nitrogen and oxygen atoms in total. The van der Waals surface area contributed by atoms with Crippen molar-refractivity contribution in [2.24, 2.45) is 0 Å². The van der Waals surface area contributed by atoms with Gasteiger partial charge in [0.15, 0.2) is 0 Å². The largest absolute Gasteiger partial charge is 0.481 e. The Morgan fingerprint density at radius 1 is 0.970 bits per heavy atom. The molecule has 1 atom stereocenters. The summed E-state index contributed by atoms with van der Waals surface area (Å²) >= 11 is 0. The highest BCUT2D eigenvalue weighted by molar-refractivity contribution is 5.93. The van der Waals surface area contributed by atoms with Crippen molar-refractivity contribution in [2.75, 3.05) is 11.9 Å². The van der Waals surface area contributed by atoms with E-state index in [1.807, 2.05) is 36.4 Å². The normalized spacial score (nSPS) is 12.9. The lowest BCUT2D eigenvalue weighted by atomic mass is 9.98. The van der Waals surface area contributed by atoms with Crippen LogP contribution < -0.4 is 10.6 Å². The average Bonchev–Trinajstić information content (AvgIpc) is 3.11. The number of fused-ring (bicyclic) bond motifs is 3. The van der Waals surface area contributed by atoms with Gasteiger partial charge in [0.1, 0.15) is 18.1 Å². The van der Waals surface area contributed by atoms with Gasteiger partial charge < -0.3 is 15.2 Å². The van der Waals surface area contributed by atoms with Crippen molar-refractivity contribution in [3.63, 3.8) is 0 Å². The number of hydrogen-bond donors (Lipinski definition) is 3. The summed E-state index contributed by atoms with van der Waals surface area (Å²) in [6.07, 6.45) is -0.884. The Hall–Kier alpha value is -4.20. The lowest BCUT2D eigenvalue weighted by Gasteiger charge is -2.15. The van der Waals surface area contributed by atoms with E-state index in [2.05, 4.69) is 27.8 Å². The minimum Gasteiger partial charge on any atom is -0.481 e. The number of nitrogens with zero attached hydrogens (tertiary/aromatic N) is 1. The second-order valence-electron chi connectivity index (χ2n) is 7.83. The molecule has 4 rings (SSSR count). The zero-order chi connectivity index (χ0) is 23.4. The third kappa shape index (κ3) is 5.01. The number of anilines is 1. The second kappa shape index (κ2) is 9.52. The monoisotopic (exact) mass is 445 g/mol. The van der Waals surface area contributed by atoms with Crippen molar-refractivity contribution < 1.29 is 24.2 Å². The van der Waals surface area contributed by atoms with Crippen molar-refractivity contribution in [2.45, 2.75) is 25.3 Å². The maximum atomic E-state index is 12.4. The molecule has 2 amide bonds. The third-order valence-electron chi connectivity index (χ3n) is 5.41. The van der Waals surface area contributed by atoms with E-state index in [1.54, 1.807) is 19.1 Å². The van der Waals surface area contributed by atoms with E-state index >= 15 is 0 Å². The quantitative estimate of drug-likeness (QED) is 0.505. The summed E-state index contributed by atoms with van der Waals surface area (Å²) in [5.41, 5.74) is 4.56. The van der Waals surface area contributed by atoms with Gasteiger partial charge in [-0.15, -0.1) is 0 Å². The lowest BCUT2D eigenvalue weighted by Crippen LogP contribution is -2.34. The first-order chi connectivity index (χ1) is 15.9. The van der Waals surface area contributed by atoms with Gasteiger partial charge in [-0.1, -0.05) is 54.6 Å². The van der Waals surface area contributed by atoms with Crippen LogP contribution in [-0.2, 0) is 9.53 Å². The molecule has 0 spiro atoms. The number of rotatable bonds is 7. The molecule has 1 aliphatic rings. The number of hydrogen-bond acceptors (Lipinski definition) is 5. The molecule has 3 aromatic rings. The predicted octanol–water partition coefficient (Wildman–Crippen LogP) is 4.04. The topological polar surface area (TPSA) is 118 Å². The van der Waals surface area contributed by atoms with Gasteiger partial charge in [0.05, 0.1) is 6.42 Å². The maximum Gasteiger partial charge on any atom is 0.412 e. The number of aliphatic carboxylic acids is 1. The fourth-order valence-electron chi connectivity index (χ4n) is 3.98. The Labute approximate surface area is 190 Å². The van der Waals surface area contributed by atoms with Crippen molar-refractivity contribution >= 4 is 23.8 Å². The molecule has 0 aliphatic heterocycles. The molecule has 3 N–H and O–H groups in total. The van der Waals surface area contributed by atoms with Crippen LogP contribution >= 0.6 is 0 Å². The first kappa shape index (κ1) is 22.0. The molecule has 0 unspecified atom stereocenters. The van der Waals surface area contributed by atoms with Crippen LogP contribution in [0.4, 0.5) is 10.6 Å². The molecule has 0 bridgehead atoms. The van der Waals surface area contributed by atoms with Crippen LogP contribution in [0.3, 0.4) is 0 Å². The van der Waals surface area contributed by atoms with Gasteiger partial charge in [0, 0.05) is 12.0 Å². The van der Waals surface area contributed by atoms with Crippen LogP contribution in [0.25, 0.3) is 11.1 Å². The van der Waals surface area contributed by atoms with Gasteiger partial charge in [0.2, 0.25) is 0 Å². The Balaban J connectivity index is 1.39. The molecule has 0 radical (unpaired) electrons. The minimum absolute atomic E-state index is 0.0590. The van der Waals surface area contributed by atoms with Gasteiger partial charge >= 0.3 is 12.1 Å². The van der Waals surface area contributed by atoms with E-state index in [1.165, 1.54) is 6.07 Å². The standard InChI is InChI=1S/C25H23N3O5/c1-15(13-23(29)30)26-24(31)21-11-6-12-22(27-21)28-25(32)33-14-20-18-9-4-2-7-16(18)17-8-3-5-10-19(17)20/h2-12,15,20H,13-14H2,1H3,(H,26,31)(H,29,30)(H,27,28,32)/t15-/m0/s1. The number of ether oxygens (including phenoxy) is 1. The van der Waals surface area contributed by atoms with E-state index in [0.29, 0.717) is 0 Å². The van der Waals surface area contributed by atoms with Crippen molar-refractivity contribution in [3.05, 3.63) is 83.6 Å². The molecular formula is C25H23N3O5. The lowest BCUT2D eigenvalue weighted by molar-refractivity contribution is -0.137. The third-order valence-corrected chi connectivity index (χ3v) is 5.41. The van der Waals surface area contributed by atoms with Crippen LogP contribution in [0.1, 0.15) is 40.9 Å². The average molecular weight is 445 g/mol. The Morgan fingerprint density at radius 2 is 1.61 bits per heavy atom. The van der Waals surface area contributed by atoms with E-state index in [0.717, 1.165) is 22.3 Å². The summed E-state index contributed by atoms with van der Waals surface area (Å²) in [7, 11) is 0. The van der Waals surface area contributed by atoms with Crippen LogP contribution in [-0.4, -0.2) is 40.7 Å². The number of aromatic nitrogens is 1. The first-order valence-electron chi connectivity index (χ1n) is 10.5. The minimum atomic E-state index is -1.01. The number of nitrogens with one attached hydrogen (secondary N) is 2. The molecular weight excluding hydrogens is 422 g/mol. The van der Waals surface area contributed by atoms with Gasteiger partial charge in [-0.25, -0.2) is 9.78 Å². The molecule has 0 saturated carbocycles. The zero-order valence-electron chi connectivity index (χ0n) is 17.9. The molecule has 33 heavy (non-hydrogen) atoms. The molecule has 0 fully saturated rings. The highest BCUT2D eigenvalue weighted by Gasteiger charge is 2.29. The van der Waals surface area contributed by atoms with Gasteiger partial charge in [-0.3, -0.25) is 14.9 Å². The summed E-state index contributed by atoms with van der Waals surface area (Å²) in [5.74, 6) is -1.45. The van der Waals surface area contributed by atoms with Crippen molar-refractivity contribution in [1.29, 1.82) is 0 Å². The number of carboxylic acids is 1. The van der Waals surface area contributed by atoms with Crippen molar-refractivity contribution in [3.8, 4) is 11.1 Å². The number of carbonyl (C=O) groups excluding carboxylic acids is 2. The number of pyridine rings is 1. The predicted molar refractivity (Wildman–Crippen MR) is 122 cm³/mol. The van der Waals surface area contributed by atoms with E-state index < -0.39 is 24.0 Å². The summed E-state index contributed by atoms with van der Waals surface area (Å²) in [4.78, 5) is 39.6. The van der Waals surface area contributed by atoms with Crippen molar-refractivity contribution in [1.82, 2.24) is 10.3 Å². The Morgan fingerprint density at radius 3 is 2.24 bits per heavy atom. The molecule has 2 aromatic carbocycles. The fourth-order valence-corrected chi connectivity index (χ4v) is 3.98.